The molecule has 0 atom stereocenters. The van der Waals surface area contributed by atoms with Crippen LogP contribution in [0, 0.1) is 5.82 Å². The van der Waals surface area contributed by atoms with E-state index in [1.165, 1.54) is 30.3 Å². The Hall–Kier alpha value is -3.45. The number of hydrogen-bond donors (Lipinski definition) is 1. The standard InChI is InChI=1S/C22H17FN2O3S/c23-18-11-7-10-17(15-18)21-22(25-29(26,27)19-12-5-2-6-13-19)28-20(24-21)14-16-8-3-1-4-9-16/h1-13,15,25H,14H2. The lowest BCUT2D eigenvalue weighted by Gasteiger charge is -2.07. The molecule has 1 N–H and O–H groups in total. The zero-order valence-electron chi connectivity index (χ0n) is 15.2. The fourth-order valence-corrected chi connectivity index (χ4v) is 3.91. The summed E-state index contributed by atoms with van der Waals surface area (Å²) in [5.74, 6) is -0.182. The van der Waals surface area contributed by atoms with E-state index >= 15 is 0 Å². The van der Waals surface area contributed by atoms with Gasteiger partial charge in [0.15, 0.2) is 0 Å². The van der Waals surface area contributed by atoms with Crippen LogP contribution in [0.3, 0.4) is 0 Å². The lowest BCUT2D eigenvalue weighted by Crippen LogP contribution is -2.12. The predicted octanol–water partition coefficient (Wildman–Crippen LogP) is 4.87. The smallest absolute Gasteiger partial charge is 0.264 e. The van der Waals surface area contributed by atoms with E-state index in [0.717, 1.165) is 5.56 Å². The molecule has 4 rings (SSSR count). The van der Waals surface area contributed by atoms with E-state index in [-0.39, 0.29) is 16.5 Å². The van der Waals surface area contributed by atoms with Gasteiger partial charge in [-0.1, -0.05) is 60.7 Å². The maximum atomic E-state index is 13.7. The van der Waals surface area contributed by atoms with Crippen molar-refractivity contribution < 1.29 is 17.2 Å². The van der Waals surface area contributed by atoms with Crippen molar-refractivity contribution in [3.05, 3.63) is 102 Å². The maximum absolute atomic E-state index is 13.7. The van der Waals surface area contributed by atoms with Crippen LogP contribution in [-0.2, 0) is 16.4 Å². The molecular formula is C22H17FN2O3S. The molecule has 0 aliphatic carbocycles. The van der Waals surface area contributed by atoms with Crippen molar-refractivity contribution in [2.75, 3.05) is 4.72 Å². The second kappa shape index (κ2) is 7.89. The first-order valence-corrected chi connectivity index (χ1v) is 10.4. The minimum absolute atomic E-state index is 0.0506. The van der Waals surface area contributed by atoms with Gasteiger partial charge >= 0.3 is 0 Å². The molecular weight excluding hydrogens is 391 g/mol. The molecule has 0 unspecified atom stereocenters. The molecule has 0 radical (unpaired) electrons. The van der Waals surface area contributed by atoms with Crippen molar-refractivity contribution in [3.8, 4) is 11.3 Å². The molecule has 5 nitrogen and oxygen atoms in total. The normalized spacial score (nSPS) is 11.3. The van der Waals surface area contributed by atoms with Crippen molar-refractivity contribution in [2.24, 2.45) is 0 Å². The van der Waals surface area contributed by atoms with Crippen LogP contribution in [0.1, 0.15) is 11.5 Å². The van der Waals surface area contributed by atoms with Gasteiger partial charge in [0.05, 0.1) is 4.90 Å². The molecule has 0 bridgehead atoms. The number of aromatic nitrogens is 1. The SMILES string of the molecule is O=S(=O)(Nc1oc(Cc2ccccc2)nc1-c1cccc(F)c1)c1ccccc1. The highest BCUT2D eigenvalue weighted by molar-refractivity contribution is 7.92. The van der Waals surface area contributed by atoms with E-state index in [4.69, 9.17) is 4.42 Å². The Bertz CT molecular complexity index is 1220. The topological polar surface area (TPSA) is 72.2 Å². The molecule has 0 aliphatic heterocycles. The lowest BCUT2D eigenvalue weighted by atomic mass is 10.1. The molecule has 0 saturated heterocycles. The Morgan fingerprint density at radius 3 is 2.28 bits per heavy atom. The summed E-state index contributed by atoms with van der Waals surface area (Å²) in [7, 11) is -3.89. The molecule has 4 aromatic rings. The summed E-state index contributed by atoms with van der Waals surface area (Å²) in [5, 5.41) is 0. The third-order valence-corrected chi connectivity index (χ3v) is 5.60. The van der Waals surface area contributed by atoms with Crippen LogP contribution in [0.5, 0.6) is 0 Å². The quantitative estimate of drug-likeness (QED) is 0.494. The molecule has 0 amide bonds. The molecule has 0 saturated carbocycles. The van der Waals surface area contributed by atoms with Crippen molar-refractivity contribution in [1.29, 1.82) is 0 Å². The predicted molar refractivity (Wildman–Crippen MR) is 108 cm³/mol. The van der Waals surface area contributed by atoms with Crippen LogP contribution >= 0.6 is 0 Å². The van der Waals surface area contributed by atoms with Gasteiger partial charge in [-0.3, -0.25) is 0 Å². The van der Waals surface area contributed by atoms with E-state index in [1.807, 2.05) is 30.3 Å². The second-order valence-corrected chi connectivity index (χ2v) is 8.06. The Morgan fingerprint density at radius 1 is 0.897 bits per heavy atom. The Kier molecular flexibility index (Phi) is 5.14. The van der Waals surface area contributed by atoms with Gasteiger partial charge in [-0.15, -0.1) is 0 Å². The third kappa shape index (κ3) is 4.35. The van der Waals surface area contributed by atoms with Gasteiger partial charge in [-0.05, 0) is 29.8 Å². The molecule has 29 heavy (non-hydrogen) atoms. The number of sulfonamides is 1. The van der Waals surface area contributed by atoms with Gasteiger partial charge in [0.25, 0.3) is 10.0 Å². The first kappa shape index (κ1) is 18.9. The molecule has 1 heterocycles. The van der Waals surface area contributed by atoms with Crippen LogP contribution in [0.15, 0.2) is 94.2 Å². The van der Waals surface area contributed by atoms with Crippen molar-refractivity contribution in [1.82, 2.24) is 4.98 Å². The third-order valence-electron chi connectivity index (χ3n) is 4.25. The molecule has 1 aromatic heterocycles. The van der Waals surface area contributed by atoms with Crippen LogP contribution in [-0.4, -0.2) is 13.4 Å². The van der Waals surface area contributed by atoms with Crippen molar-refractivity contribution in [3.63, 3.8) is 0 Å². The van der Waals surface area contributed by atoms with E-state index in [2.05, 4.69) is 9.71 Å². The summed E-state index contributed by atoms with van der Waals surface area (Å²) in [6.07, 6.45) is 0.371. The van der Waals surface area contributed by atoms with Gasteiger partial charge in [0.1, 0.15) is 11.5 Å². The summed E-state index contributed by atoms with van der Waals surface area (Å²) in [6, 6.07) is 23.2. The number of oxazole rings is 1. The molecule has 3 aromatic carbocycles. The average molecular weight is 408 g/mol. The molecule has 0 aliphatic rings. The Balaban J connectivity index is 1.75. The number of rotatable bonds is 6. The van der Waals surface area contributed by atoms with Crippen molar-refractivity contribution >= 4 is 15.9 Å². The van der Waals surface area contributed by atoms with Gasteiger partial charge in [0.2, 0.25) is 11.8 Å². The molecule has 0 fully saturated rings. The van der Waals surface area contributed by atoms with E-state index < -0.39 is 15.8 Å². The zero-order valence-corrected chi connectivity index (χ0v) is 16.1. The maximum Gasteiger partial charge on any atom is 0.264 e. The highest BCUT2D eigenvalue weighted by Crippen LogP contribution is 2.31. The summed E-state index contributed by atoms with van der Waals surface area (Å²) in [6.45, 7) is 0. The van der Waals surface area contributed by atoms with E-state index in [1.54, 1.807) is 24.3 Å². The highest BCUT2D eigenvalue weighted by atomic mass is 32.2. The first-order chi connectivity index (χ1) is 14.0. The van der Waals surface area contributed by atoms with E-state index in [9.17, 15) is 12.8 Å². The van der Waals surface area contributed by atoms with Crippen molar-refractivity contribution in [2.45, 2.75) is 11.3 Å². The van der Waals surface area contributed by atoms with Crippen LogP contribution in [0.4, 0.5) is 10.3 Å². The fourth-order valence-electron chi connectivity index (χ4n) is 2.89. The Labute approximate surface area is 167 Å². The molecule has 7 heteroatoms. The monoisotopic (exact) mass is 408 g/mol. The summed E-state index contributed by atoms with van der Waals surface area (Å²) >= 11 is 0. The summed E-state index contributed by atoms with van der Waals surface area (Å²) in [5.41, 5.74) is 1.60. The number of halogens is 1. The van der Waals surface area contributed by atoms with Gasteiger partial charge in [0, 0.05) is 12.0 Å². The summed E-state index contributed by atoms with van der Waals surface area (Å²) < 4.78 is 47.4. The largest absolute Gasteiger partial charge is 0.423 e. The molecule has 0 spiro atoms. The minimum atomic E-state index is -3.89. The molecule has 146 valence electrons. The average Bonchev–Trinajstić information content (AvgIpc) is 3.11. The number of nitrogens with zero attached hydrogens (tertiary/aromatic N) is 1. The summed E-state index contributed by atoms with van der Waals surface area (Å²) in [4.78, 5) is 4.52. The highest BCUT2D eigenvalue weighted by Gasteiger charge is 2.22. The fraction of sp³-hybridized carbons (Fsp3) is 0.0455. The van der Waals surface area contributed by atoms with Crippen LogP contribution < -0.4 is 4.72 Å². The van der Waals surface area contributed by atoms with Gasteiger partial charge < -0.3 is 4.42 Å². The second-order valence-electron chi connectivity index (χ2n) is 6.38. The van der Waals surface area contributed by atoms with E-state index in [0.29, 0.717) is 17.9 Å². The minimum Gasteiger partial charge on any atom is -0.423 e. The lowest BCUT2D eigenvalue weighted by molar-refractivity contribution is 0.521. The first-order valence-electron chi connectivity index (χ1n) is 8.89. The number of nitrogens with one attached hydrogen (secondary N) is 1. The van der Waals surface area contributed by atoms with Crippen LogP contribution in [0.2, 0.25) is 0 Å². The van der Waals surface area contributed by atoms with Crippen LogP contribution in [0.25, 0.3) is 11.3 Å². The van der Waals surface area contributed by atoms with Gasteiger partial charge in [-0.2, -0.15) is 0 Å². The van der Waals surface area contributed by atoms with Gasteiger partial charge in [-0.25, -0.2) is 22.5 Å². The number of hydrogen-bond acceptors (Lipinski definition) is 4. The number of benzene rings is 3. The zero-order chi connectivity index (χ0) is 20.3. The Morgan fingerprint density at radius 2 is 1.59 bits per heavy atom. The number of anilines is 1.